The number of nitrogens with zero attached hydrogens (tertiary/aromatic N) is 1. The molecule has 90 valence electrons. The minimum Gasteiger partial charge on any atom is -0.382 e. The van der Waals surface area contributed by atoms with Crippen LogP contribution >= 0.6 is 34.8 Å². The van der Waals surface area contributed by atoms with Crippen molar-refractivity contribution in [2.75, 3.05) is 11.1 Å². The quantitative estimate of drug-likeness (QED) is 0.733. The molecule has 0 bridgehead atoms. The molecule has 2 rings (SSSR count). The fraction of sp³-hybridized carbons (Fsp3) is 0.100. The van der Waals surface area contributed by atoms with Gasteiger partial charge < -0.3 is 16.0 Å². The van der Waals surface area contributed by atoms with Crippen molar-refractivity contribution in [2.45, 2.75) is 6.92 Å². The van der Waals surface area contributed by atoms with Crippen molar-refractivity contribution >= 4 is 52.1 Å². The molecule has 4 nitrogen and oxygen atoms in total. The molecule has 0 amide bonds. The van der Waals surface area contributed by atoms with Crippen LogP contribution in [0.25, 0.3) is 0 Å². The van der Waals surface area contributed by atoms with Crippen LogP contribution in [0.2, 0.25) is 15.1 Å². The van der Waals surface area contributed by atoms with Crippen molar-refractivity contribution in [3.05, 3.63) is 33.0 Å². The van der Waals surface area contributed by atoms with Gasteiger partial charge in [-0.3, -0.25) is 0 Å². The lowest BCUT2D eigenvalue weighted by Gasteiger charge is -2.08. The molecular formula is C10H9Cl3N4. The standard InChI is InChI=1S/C10H9Cl3N4/c1-4-15-9(14)10(16-4)17-8-3-6(12)5(11)2-7(8)13/h2-3,17H,14H2,1H3,(H,15,16). The third kappa shape index (κ3) is 2.60. The van der Waals surface area contributed by atoms with E-state index >= 15 is 0 Å². The second-order valence-corrected chi connectivity index (χ2v) is 4.68. The van der Waals surface area contributed by atoms with E-state index in [2.05, 4.69) is 15.3 Å². The van der Waals surface area contributed by atoms with Gasteiger partial charge in [-0.05, 0) is 19.1 Å². The first-order valence-electron chi connectivity index (χ1n) is 4.71. The van der Waals surface area contributed by atoms with Crippen molar-refractivity contribution in [1.82, 2.24) is 9.97 Å². The second kappa shape index (κ2) is 4.64. The topological polar surface area (TPSA) is 66.7 Å². The molecule has 2 aromatic rings. The summed E-state index contributed by atoms with van der Waals surface area (Å²) in [4.78, 5) is 7.05. The maximum atomic E-state index is 6.03. The number of imidazole rings is 1. The summed E-state index contributed by atoms with van der Waals surface area (Å²) >= 11 is 17.8. The Kier molecular flexibility index (Phi) is 3.38. The zero-order valence-corrected chi connectivity index (χ0v) is 11.1. The summed E-state index contributed by atoms with van der Waals surface area (Å²) in [6.07, 6.45) is 0. The molecule has 0 atom stereocenters. The molecule has 0 unspecified atom stereocenters. The number of aryl methyl sites for hydroxylation is 1. The van der Waals surface area contributed by atoms with Crippen LogP contribution in [-0.2, 0) is 0 Å². The van der Waals surface area contributed by atoms with E-state index in [0.29, 0.717) is 38.2 Å². The summed E-state index contributed by atoms with van der Waals surface area (Å²) in [6.45, 7) is 1.80. The molecule has 0 spiro atoms. The van der Waals surface area contributed by atoms with Crippen LogP contribution in [0, 0.1) is 6.92 Å². The van der Waals surface area contributed by atoms with Gasteiger partial charge in [0.15, 0.2) is 5.82 Å². The van der Waals surface area contributed by atoms with Gasteiger partial charge >= 0.3 is 0 Å². The average molecular weight is 292 g/mol. The maximum Gasteiger partial charge on any atom is 0.173 e. The molecule has 4 N–H and O–H groups in total. The van der Waals surface area contributed by atoms with E-state index in [1.54, 1.807) is 19.1 Å². The van der Waals surface area contributed by atoms with Gasteiger partial charge in [-0.1, -0.05) is 34.8 Å². The lowest BCUT2D eigenvalue weighted by molar-refractivity contribution is 1.15. The summed E-state index contributed by atoms with van der Waals surface area (Å²) in [5.74, 6) is 1.65. The second-order valence-electron chi connectivity index (χ2n) is 3.46. The average Bonchev–Trinajstić information content (AvgIpc) is 2.54. The molecule has 1 aromatic carbocycles. The third-order valence-electron chi connectivity index (χ3n) is 2.11. The number of halogens is 3. The molecule has 17 heavy (non-hydrogen) atoms. The van der Waals surface area contributed by atoms with Gasteiger partial charge in [0, 0.05) is 0 Å². The van der Waals surface area contributed by atoms with Gasteiger partial charge in [0.05, 0.1) is 20.8 Å². The number of nitrogen functional groups attached to an aromatic ring is 1. The van der Waals surface area contributed by atoms with Crippen LogP contribution in [-0.4, -0.2) is 9.97 Å². The molecule has 0 radical (unpaired) electrons. The third-order valence-corrected chi connectivity index (χ3v) is 3.15. The van der Waals surface area contributed by atoms with Crippen molar-refractivity contribution in [1.29, 1.82) is 0 Å². The highest BCUT2D eigenvalue weighted by molar-refractivity contribution is 6.44. The first kappa shape index (κ1) is 12.4. The Morgan fingerprint density at radius 3 is 2.41 bits per heavy atom. The molecule has 0 aliphatic carbocycles. The van der Waals surface area contributed by atoms with E-state index in [9.17, 15) is 0 Å². The molecule has 1 aromatic heterocycles. The Hall–Kier alpha value is -1.10. The smallest absolute Gasteiger partial charge is 0.173 e. The van der Waals surface area contributed by atoms with E-state index in [1.807, 2.05) is 0 Å². The zero-order valence-electron chi connectivity index (χ0n) is 8.81. The lowest BCUT2D eigenvalue weighted by Crippen LogP contribution is -1.96. The van der Waals surface area contributed by atoms with Crippen LogP contribution in [0.15, 0.2) is 12.1 Å². The predicted molar refractivity (Wildman–Crippen MR) is 72.5 cm³/mol. The minimum absolute atomic E-state index is 0.397. The van der Waals surface area contributed by atoms with Gasteiger partial charge in [-0.15, -0.1) is 0 Å². The fourth-order valence-corrected chi connectivity index (χ4v) is 1.95. The van der Waals surface area contributed by atoms with E-state index in [0.717, 1.165) is 0 Å². The Labute approximate surface area is 113 Å². The van der Waals surface area contributed by atoms with Gasteiger partial charge in [-0.2, -0.15) is 0 Å². The molecule has 0 saturated heterocycles. The van der Waals surface area contributed by atoms with Crippen LogP contribution in [0.3, 0.4) is 0 Å². The SMILES string of the molecule is Cc1nc(Nc2cc(Cl)c(Cl)cc2Cl)c(N)[nH]1. The lowest BCUT2D eigenvalue weighted by atomic mass is 10.3. The summed E-state index contributed by atoms with van der Waals surface area (Å²) in [5.41, 5.74) is 6.32. The molecular weight excluding hydrogens is 282 g/mol. The molecule has 1 heterocycles. The number of hydrogen-bond donors (Lipinski definition) is 3. The molecule has 7 heteroatoms. The number of rotatable bonds is 2. The molecule has 0 aliphatic heterocycles. The Balaban J connectivity index is 2.36. The molecule has 0 saturated carbocycles. The molecule has 0 aliphatic rings. The van der Waals surface area contributed by atoms with Crippen molar-refractivity contribution in [3.63, 3.8) is 0 Å². The van der Waals surface area contributed by atoms with Gasteiger partial charge in [0.2, 0.25) is 0 Å². The number of anilines is 3. The number of aromatic amines is 1. The van der Waals surface area contributed by atoms with Gasteiger partial charge in [0.25, 0.3) is 0 Å². The van der Waals surface area contributed by atoms with Gasteiger partial charge in [-0.25, -0.2) is 4.98 Å². The Morgan fingerprint density at radius 1 is 1.18 bits per heavy atom. The van der Waals surface area contributed by atoms with Crippen LogP contribution < -0.4 is 11.1 Å². The normalized spacial score (nSPS) is 10.6. The Morgan fingerprint density at radius 2 is 1.82 bits per heavy atom. The van der Waals surface area contributed by atoms with Crippen molar-refractivity contribution in [2.24, 2.45) is 0 Å². The van der Waals surface area contributed by atoms with Crippen molar-refractivity contribution in [3.8, 4) is 0 Å². The zero-order chi connectivity index (χ0) is 12.6. The van der Waals surface area contributed by atoms with E-state index < -0.39 is 0 Å². The fourth-order valence-electron chi connectivity index (χ4n) is 1.35. The first-order chi connectivity index (χ1) is 7.97. The predicted octanol–water partition coefficient (Wildman–Crippen LogP) is 4.00. The monoisotopic (exact) mass is 290 g/mol. The number of aromatic nitrogens is 2. The highest BCUT2D eigenvalue weighted by atomic mass is 35.5. The highest BCUT2D eigenvalue weighted by Gasteiger charge is 2.10. The van der Waals surface area contributed by atoms with Crippen molar-refractivity contribution < 1.29 is 0 Å². The number of benzene rings is 1. The number of H-pyrrole nitrogens is 1. The van der Waals surface area contributed by atoms with Crippen LogP contribution in [0.1, 0.15) is 5.82 Å². The minimum atomic E-state index is 0.397. The Bertz CT molecular complexity index is 565. The molecule has 0 fully saturated rings. The van der Waals surface area contributed by atoms with E-state index in [1.165, 1.54) is 0 Å². The number of nitrogens with one attached hydrogen (secondary N) is 2. The summed E-state index contributed by atoms with van der Waals surface area (Å²) in [6, 6.07) is 3.18. The first-order valence-corrected chi connectivity index (χ1v) is 5.84. The van der Waals surface area contributed by atoms with Gasteiger partial charge in [0.1, 0.15) is 11.6 Å². The number of nitrogens with two attached hydrogens (primary N) is 1. The summed E-state index contributed by atoms with van der Waals surface area (Å²) in [7, 11) is 0. The van der Waals surface area contributed by atoms with Crippen LogP contribution in [0.5, 0.6) is 0 Å². The largest absolute Gasteiger partial charge is 0.382 e. The highest BCUT2D eigenvalue weighted by Crippen LogP contribution is 2.34. The number of hydrogen-bond acceptors (Lipinski definition) is 3. The maximum absolute atomic E-state index is 6.03. The van der Waals surface area contributed by atoms with E-state index in [-0.39, 0.29) is 0 Å². The van der Waals surface area contributed by atoms with Crippen LogP contribution in [0.4, 0.5) is 17.3 Å². The summed E-state index contributed by atoms with van der Waals surface area (Å²) < 4.78 is 0. The van der Waals surface area contributed by atoms with E-state index in [4.69, 9.17) is 40.5 Å². The summed E-state index contributed by atoms with van der Waals surface area (Å²) in [5, 5.41) is 4.23.